The zero-order valence-corrected chi connectivity index (χ0v) is 16.6. The summed E-state index contributed by atoms with van der Waals surface area (Å²) in [6.45, 7) is 5.34. The molecule has 1 aromatic carbocycles. The van der Waals surface area contributed by atoms with Crippen molar-refractivity contribution in [2.75, 3.05) is 7.11 Å². The van der Waals surface area contributed by atoms with Crippen LogP contribution in [0.3, 0.4) is 0 Å². The number of pyridine rings is 2. The van der Waals surface area contributed by atoms with Gasteiger partial charge in [0.15, 0.2) is 5.65 Å². The molecule has 0 aliphatic rings. The van der Waals surface area contributed by atoms with Crippen molar-refractivity contribution < 1.29 is 18.7 Å². The molecule has 0 N–H and O–H groups in total. The number of hydrogen-bond donors (Lipinski definition) is 0. The third-order valence-electron chi connectivity index (χ3n) is 4.34. The number of fused-ring (bicyclic) bond motifs is 2. The van der Waals surface area contributed by atoms with Gasteiger partial charge in [-0.3, -0.25) is 0 Å². The molecular weight excluding hydrogens is 373 g/mol. The van der Waals surface area contributed by atoms with Crippen molar-refractivity contribution in [3.05, 3.63) is 54.3 Å². The second kappa shape index (κ2) is 6.84. The smallest absolute Gasteiger partial charge is 0.419 e. The van der Waals surface area contributed by atoms with Crippen LogP contribution in [0.25, 0.3) is 33.3 Å². The first kappa shape index (κ1) is 18.9. The third kappa shape index (κ3) is 3.63. The van der Waals surface area contributed by atoms with Gasteiger partial charge in [0.25, 0.3) is 0 Å². The molecule has 4 rings (SSSR count). The fourth-order valence-electron chi connectivity index (χ4n) is 3.10. The summed E-state index contributed by atoms with van der Waals surface area (Å²) in [6.07, 6.45) is -0.603. The SMILES string of the molecule is COc1ccc2ccc(-c3cc4ccc(F)cc4n3C(=O)OC(C)(C)C)nc2n1. The number of carbonyl (C=O) groups excluding carboxylic acids is 1. The van der Waals surface area contributed by atoms with Crippen LogP contribution in [0.5, 0.6) is 5.88 Å². The standard InChI is InChI=1S/C22H20FN3O3/c1-22(2,3)29-21(27)26-17-12-15(23)8-5-14(17)11-18(26)16-9-6-13-7-10-19(28-4)25-20(13)24-16/h5-12H,1-4H3. The van der Waals surface area contributed by atoms with E-state index in [9.17, 15) is 9.18 Å². The van der Waals surface area contributed by atoms with Crippen molar-refractivity contribution in [2.24, 2.45) is 0 Å². The van der Waals surface area contributed by atoms with Crippen LogP contribution in [0.2, 0.25) is 0 Å². The van der Waals surface area contributed by atoms with E-state index in [1.807, 2.05) is 12.1 Å². The molecule has 0 spiro atoms. The fraction of sp³-hybridized carbons (Fsp3) is 0.227. The van der Waals surface area contributed by atoms with E-state index in [0.29, 0.717) is 33.8 Å². The number of hydrogen-bond acceptors (Lipinski definition) is 5. The highest BCUT2D eigenvalue weighted by atomic mass is 19.1. The summed E-state index contributed by atoms with van der Waals surface area (Å²) in [5.74, 6) is 0.00161. The molecule has 148 valence electrons. The summed E-state index contributed by atoms with van der Waals surface area (Å²) in [7, 11) is 1.53. The summed E-state index contributed by atoms with van der Waals surface area (Å²) >= 11 is 0. The number of halogens is 1. The average Bonchev–Trinajstić information content (AvgIpc) is 3.04. The molecule has 0 aliphatic carbocycles. The van der Waals surface area contributed by atoms with Crippen molar-refractivity contribution >= 4 is 28.0 Å². The lowest BCUT2D eigenvalue weighted by Gasteiger charge is -2.21. The molecule has 6 nitrogen and oxygen atoms in total. The normalized spacial score (nSPS) is 11.8. The predicted molar refractivity (Wildman–Crippen MR) is 109 cm³/mol. The van der Waals surface area contributed by atoms with Gasteiger partial charge in [0, 0.05) is 16.8 Å². The first-order valence-corrected chi connectivity index (χ1v) is 9.12. The molecule has 0 atom stereocenters. The maximum Gasteiger partial charge on any atom is 0.419 e. The molecule has 3 heterocycles. The molecule has 0 unspecified atom stereocenters. The largest absolute Gasteiger partial charge is 0.481 e. The molecule has 3 aromatic heterocycles. The number of carbonyl (C=O) groups is 1. The fourth-order valence-corrected chi connectivity index (χ4v) is 3.10. The topological polar surface area (TPSA) is 66.2 Å². The number of aromatic nitrogens is 3. The van der Waals surface area contributed by atoms with Crippen molar-refractivity contribution in [1.29, 1.82) is 0 Å². The Kier molecular flexibility index (Phi) is 4.45. The second-order valence-electron chi connectivity index (χ2n) is 7.65. The molecule has 0 aliphatic heterocycles. The summed E-state index contributed by atoms with van der Waals surface area (Å²) in [5, 5.41) is 1.54. The lowest BCUT2D eigenvalue weighted by Crippen LogP contribution is -2.27. The Balaban J connectivity index is 1.94. The van der Waals surface area contributed by atoms with Crippen LogP contribution in [-0.2, 0) is 4.74 Å². The van der Waals surface area contributed by atoms with E-state index in [0.717, 1.165) is 5.39 Å². The Morgan fingerprint density at radius 1 is 1.00 bits per heavy atom. The zero-order chi connectivity index (χ0) is 20.8. The molecule has 0 amide bonds. The van der Waals surface area contributed by atoms with Gasteiger partial charge in [0.1, 0.15) is 11.4 Å². The quantitative estimate of drug-likeness (QED) is 0.469. The Hall–Kier alpha value is -3.48. The van der Waals surface area contributed by atoms with Crippen LogP contribution in [0.1, 0.15) is 20.8 Å². The highest BCUT2D eigenvalue weighted by Crippen LogP contribution is 2.30. The minimum absolute atomic E-state index is 0.412. The number of rotatable bonds is 2. The van der Waals surface area contributed by atoms with Crippen LogP contribution >= 0.6 is 0 Å². The van der Waals surface area contributed by atoms with E-state index in [-0.39, 0.29) is 0 Å². The number of ether oxygens (including phenoxy) is 2. The van der Waals surface area contributed by atoms with Crippen LogP contribution in [0.15, 0.2) is 48.5 Å². The van der Waals surface area contributed by atoms with Crippen molar-refractivity contribution in [1.82, 2.24) is 14.5 Å². The average molecular weight is 393 g/mol. The van der Waals surface area contributed by atoms with Gasteiger partial charge < -0.3 is 9.47 Å². The molecular formula is C22H20FN3O3. The van der Waals surface area contributed by atoms with Gasteiger partial charge in [0.2, 0.25) is 5.88 Å². The van der Waals surface area contributed by atoms with Crippen molar-refractivity contribution in [2.45, 2.75) is 26.4 Å². The van der Waals surface area contributed by atoms with E-state index >= 15 is 0 Å². The number of methoxy groups -OCH3 is 1. The van der Waals surface area contributed by atoms with Crippen LogP contribution in [-0.4, -0.2) is 33.3 Å². The van der Waals surface area contributed by atoms with E-state index in [2.05, 4.69) is 9.97 Å². The molecule has 29 heavy (non-hydrogen) atoms. The van der Waals surface area contributed by atoms with Gasteiger partial charge in [-0.05, 0) is 63.2 Å². The van der Waals surface area contributed by atoms with Crippen LogP contribution < -0.4 is 4.74 Å². The van der Waals surface area contributed by atoms with Crippen molar-refractivity contribution in [3.8, 4) is 17.3 Å². The van der Waals surface area contributed by atoms with Gasteiger partial charge in [-0.1, -0.05) is 0 Å². The molecule has 7 heteroatoms. The van der Waals surface area contributed by atoms with Crippen LogP contribution in [0, 0.1) is 5.82 Å². The first-order valence-electron chi connectivity index (χ1n) is 9.12. The molecule has 0 bridgehead atoms. The highest BCUT2D eigenvalue weighted by molar-refractivity contribution is 5.96. The minimum Gasteiger partial charge on any atom is -0.481 e. The number of nitrogens with zero attached hydrogens (tertiary/aromatic N) is 3. The van der Waals surface area contributed by atoms with Gasteiger partial charge in [-0.2, -0.15) is 4.98 Å². The van der Waals surface area contributed by atoms with E-state index in [1.54, 1.807) is 45.0 Å². The lowest BCUT2D eigenvalue weighted by atomic mass is 10.2. The van der Waals surface area contributed by atoms with Gasteiger partial charge in [-0.15, -0.1) is 0 Å². The lowest BCUT2D eigenvalue weighted by molar-refractivity contribution is 0.0547. The van der Waals surface area contributed by atoms with E-state index in [4.69, 9.17) is 9.47 Å². The Bertz CT molecular complexity index is 1240. The summed E-state index contributed by atoms with van der Waals surface area (Å²) in [5.41, 5.74) is 1.19. The Morgan fingerprint density at radius 3 is 2.45 bits per heavy atom. The molecule has 4 aromatic rings. The summed E-state index contributed by atoms with van der Waals surface area (Å²) in [4.78, 5) is 21.9. The summed E-state index contributed by atoms with van der Waals surface area (Å²) in [6, 6.07) is 13.3. The monoisotopic (exact) mass is 393 g/mol. The summed E-state index contributed by atoms with van der Waals surface area (Å²) < 4.78 is 26.0. The molecule has 0 fully saturated rings. The highest BCUT2D eigenvalue weighted by Gasteiger charge is 2.24. The first-order chi connectivity index (χ1) is 13.7. The molecule has 0 saturated heterocycles. The second-order valence-corrected chi connectivity index (χ2v) is 7.65. The number of benzene rings is 1. The predicted octanol–water partition coefficient (Wildman–Crippen LogP) is 5.18. The van der Waals surface area contributed by atoms with Crippen molar-refractivity contribution in [3.63, 3.8) is 0 Å². The Morgan fingerprint density at radius 2 is 1.72 bits per heavy atom. The minimum atomic E-state index is -0.704. The third-order valence-corrected chi connectivity index (χ3v) is 4.34. The maximum absolute atomic E-state index is 13.9. The molecule has 0 saturated carbocycles. The zero-order valence-electron chi connectivity index (χ0n) is 16.6. The molecule has 0 radical (unpaired) electrons. The Labute approximate surface area is 166 Å². The van der Waals surface area contributed by atoms with E-state index in [1.165, 1.54) is 23.8 Å². The van der Waals surface area contributed by atoms with Gasteiger partial charge in [0.05, 0.1) is 24.0 Å². The van der Waals surface area contributed by atoms with Crippen LogP contribution in [0.4, 0.5) is 9.18 Å². The maximum atomic E-state index is 13.9. The van der Waals surface area contributed by atoms with E-state index < -0.39 is 17.5 Å². The van der Waals surface area contributed by atoms with Gasteiger partial charge in [-0.25, -0.2) is 18.7 Å². The van der Waals surface area contributed by atoms with Gasteiger partial charge >= 0.3 is 6.09 Å².